The number of nitrogens with zero attached hydrogens (tertiary/aromatic N) is 4. The van der Waals surface area contributed by atoms with Gasteiger partial charge in [0, 0.05) is 11.3 Å². The summed E-state index contributed by atoms with van der Waals surface area (Å²) in [6.07, 6.45) is 1.60. The first-order chi connectivity index (χ1) is 19.7. The smallest absolute Gasteiger partial charge is 0.250 e. The van der Waals surface area contributed by atoms with Crippen molar-refractivity contribution in [3.05, 3.63) is 120 Å². The van der Waals surface area contributed by atoms with Gasteiger partial charge < -0.3 is 9.47 Å². The Morgan fingerprint density at radius 3 is 2.25 bits per heavy atom. The van der Waals surface area contributed by atoms with Gasteiger partial charge in [0.15, 0.2) is 11.0 Å². The predicted octanol–water partition coefficient (Wildman–Crippen LogP) is 5.76. The van der Waals surface area contributed by atoms with Crippen molar-refractivity contribution >= 4 is 23.9 Å². The van der Waals surface area contributed by atoms with Gasteiger partial charge in [-0.2, -0.15) is 5.10 Å². The lowest BCUT2D eigenvalue weighted by Crippen LogP contribution is -2.20. The van der Waals surface area contributed by atoms with E-state index in [1.165, 1.54) is 11.8 Å². The number of hydrazone groups is 1. The molecule has 0 unspecified atom stereocenters. The Bertz CT molecular complexity index is 1550. The van der Waals surface area contributed by atoms with E-state index in [0.29, 0.717) is 17.6 Å². The molecule has 5 aromatic rings. The van der Waals surface area contributed by atoms with E-state index in [2.05, 4.69) is 20.7 Å². The third kappa shape index (κ3) is 6.95. The number of carbonyl (C=O) groups is 1. The number of rotatable bonds is 11. The minimum Gasteiger partial charge on any atom is -0.497 e. The zero-order chi connectivity index (χ0) is 27.6. The largest absolute Gasteiger partial charge is 0.497 e. The van der Waals surface area contributed by atoms with Crippen molar-refractivity contribution in [2.75, 3.05) is 12.9 Å². The van der Waals surface area contributed by atoms with E-state index in [0.717, 1.165) is 33.9 Å². The molecule has 0 saturated heterocycles. The van der Waals surface area contributed by atoms with Gasteiger partial charge in [0.25, 0.3) is 5.91 Å². The van der Waals surface area contributed by atoms with Crippen LogP contribution in [0.5, 0.6) is 11.5 Å². The molecule has 0 aliphatic carbocycles. The maximum absolute atomic E-state index is 12.5. The molecule has 4 aromatic carbocycles. The van der Waals surface area contributed by atoms with Crippen LogP contribution in [0.25, 0.3) is 17.1 Å². The molecule has 0 saturated carbocycles. The van der Waals surface area contributed by atoms with E-state index in [-0.39, 0.29) is 11.7 Å². The van der Waals surface area contributed by atoms with E-state index >= 15 is 0 Å². The maximum atomic E-state index is 12.5. The quantitative estimate of drug-likeness (QED) is 0.128. The SMILES string of the molecule is COc1ccc(-c2nnc(SCC(=O)NN=Cc3ccc(OCc4ccccc4)cc3)n2-c2ccccc2)cc1. The predicted molar refractivity (Wildman–Crippen MR) is 157 cm³/mol. The summed E-state index contributed by atoms with van der Waals surface area (Å²) in [7, 11) is 1.63. The van der Waals surface area contributed by atoms with Crippen LogP contribution < -0.4 is 14.9 Å². The molecule has 8 nitrogen and oxygen atoms in total. The second kappa shape index (κ2) is 13.3. The Hall–Kier alpha value is -4.89. The van der Waals surface area contributed by atoms with Crippen LogP contribution in [0.4, 0.5) is 0 Å². The molecule has 0 bridgehead atoms. The fourth-order valence-corrected chi connectivity index (χ4v) is 4.58. The lowest BCUT2D eigenvalue weighted by Gasteiger charge is -2.10. The molecule has 0 fully saturated rings. The fourth-order valence-electron chi connectivity index (χ4n) is 3.83. The first-order valence-electron chi connectivity index (χ1n) is 12.6. The van der Waals surface area contributed by atoms with Crippen LogP contribution in [0.2, 0.25) is 0 Å². The monoisotopic (exact) mass is 549 g/mol. The molecule has 200 valence electrons. The van der Waals surface area contributed by atoms with E-state index in [1.807, 2.05) is 114 Å². The highest BCUT2D eigenvalue weighted by Gasteiger charge is 2.17. The second-order valence-electron chi connectivity index (χ2n) is 8.63. The molecule has 1 heterocycles. The van der Waals surface area contributed by atoms with Crippen LogP contribution in [0.15, 0.2) is 119 Å². The van der Waals surface area contributed by atoms with Crippen molar-refractivity contribution in [3.63, 3.8) is 0 Å². The summed E-state index contributed by atoms with van der Waals surface area (Å²) in [4.78, 5) is 12.5. The Morgan fingerprint density at radius 2 is 1.55 bits per heavy atom. The Morgan fingerprint density at radius 1 is 0.875 bits per heavy atom. The van der Waals surface area contributed by atoms with Gasteiger partial charge in [-0.25, -0.2) is 5.43 Å². The van der Waals surface area contributed by atoms with E-state index in [9.17, 15) is 4.79 Å². The molecule has 1 aromatic heterocycles. The average Bonchev–Trinajstić information content (AvgIpc) is 3.44. The molecular weight excluding hydrogens is 522 g/mol. The van der Waals surface area contributed by atoms with E-state index in [4.69, 9.17) is 9.47 Å². The Kier molecular flexibility index (Phi) is 8.85. The molecule has 1 amide bonds. The number of amides is 1. The summed E-state index contributed by atoms with van der Waals surface area (Å²) < 4.78 is 13.0. The van der Waals surface area contributed by atoms with Crippen LogP contribution in [0.1, 0.15) is 11.1 Å². The van der Waals surface area contributed by atoms with Crippen LogP contribution in [-0.2, 0) is 11.4 Å². The molecule has 1 N–H and O–H groups in total. The fraction of sp³-hybridized carbons (Fsp3) is 0.0968. The molecule has 0 radical (unpaired) electrons. The van der Waals surface area contributed by atoms with E-state index in [1.54, 1.807) is 13.3 Å². The second-order valence-corrected chi connectivity index (χ2v) is 9.57. The number of aromatic nitrogens is 3. The van der Waals surface area contributed by atoms with Gasteiger partial charge in [-0.15, -0.1) is 10.2 Å². The van der Waals surface area contributed by atoms with Gasteiger partial charge in [-0.1, -0.05) is 60.3 Å². The summed E-state index contributed by atoms with van der Waals surface area (Å²) in [6, 6.07) is 34.9. The van der Waals surface area contributed by atoms with Gasteiger partial charge >= 0.3 is 0 Å². The Labute approximate surface area is 236 Å². The minimum atomic E-state index is -0.252. The van der Waals surface area contributed by atoms with Gasteiger partial charge in [-0.05, 0) is 71.8 Å². The van der Waals surface area contributed by atoms with Crippen molar-refractivity contribution in [1.82, 2.24) is 20.2 Å². The third-order valence-corrected chi connectivity index (χ3v) is 6.79. The zero-order valence-electron chi connectivity index (χ0n) is 21.8. The number of nitrogens with one attached hydrogen (secondary N) is 1. The number of thioether (sulfide) groups is 1. The van der Waals surface area contributed by atoms with E-state index < -0.39 is 0 Å². The highest BCUT2D eigenvalue weighted by Crippen LogP contribution is 2.29. The number of hydrogen-bond donors (Lipinski definition) is 1. The standard InChI is InChI=1S/C31H27N5O3S/c1-38-27-18-14-25(15-19-27)30-34-35-31(36(30)26-10-6-3-7-11-26)40-22-29(37)33-32-20-23-12-16-28(17-13-23)39-21-24-8-4-2-5-9-24/h2-20H,21-22H2,1H3,(H,33,37). The summed E-state index contributed by atoms with van der Waals surface area (Å²) in [5.74, 6) is 2.06. The molecule has 40 heavy (non-hydrogen) atoms. The van der Waals surface area contributed by atoms with Crippen molar-refractivity contribution in [2.45, 2.75) is 11.8 Å². The molecular formula is C31H27N5O3S. The normalized spacial score (nSPS) is 10.9. The number of ether oxygens (including phenoxy) is 2. The first kappa shape index (κ1) is 26.7. The molecule has 9 heteroatoms. The lowest BCUT2D eigenvalue weighted by molar-refractivity contribution is -0.118. The van der Waals surface area contributed by atoms with Crippen LogP contribution in [0.3, 0.4) is 0 Å². The summed E-state index contributed by atoms with van der Waals surface area (Å²) in [5, 5.41) is 13.5. The van der Waals surface area contributed by atoms with Gasteiger partial charge in [0.2, 0.25) is 0 Å². The van der Waals surface area contributed by atoms with Gasteiger partial charge in [-0.3, -0.25) is 9.36 Å². The van der Waals surface area contributed by atoms with Gasteiger partial charge in [0.05, 0.1) is 19.1 Å². The van der Waals surface area contributed by atoms with Crippen LogP contribution >= 0.6 is 11.8 Å². The topological polar surface area (TPSA) is 90.6 Å². The number of methoxy groups -OCH3 is 1. The van der Waals surface area contributed by atoms with Crippen molar-refractivity contribution in [1.29, 1.82) is 0 Å². The highest BCUT2D eigenvalue weighted by molar-refractivity contribution is 7.99. The highest BCUT2D eigenvalue weighted by atomic mass is 32.2. The summed E-state index contributed by atoms with van der Waals surface area (Å²) in [6.45, 7) is 0.502. The first-order valence-corrected chi connectivity index (χ1v) is 13.5. The summed E-state index contributed by atoms with van der Waals surface area (Å²) >= 11 is 1.29. The van der Waals surface area contributed by atoms with Crippen molar-refractivity contribution in [3.8, 4) is 28.6 Å². The number of hydrogen-bond acceptors (Lipinski definition) is 7. The average molecular weight is 550 g/mol. The summed E-state index contributed by atoms with van der Waals surface area (Å²) in [5.41, 5.74) is 6.31. The van der Waals surface area contributed by atoms with Gasteiger partial charge in [0.1, 0.15) is 18.1 Å². The number of benzene rings is 4. The minimum absolute atomic E-state index is 0.122. The molecule has 0 atom stereocenters. The van der Waals surface area contributed by atoms with Crippen molar-refractivity contribution in [2.24, 2.45) is 5.10 Å². The molecule has 0 spiro atoms. The van der Waals surface area contributed by atoms with Crippen molar-refractivity contribution < 1.29 is 14.3 Å². The molecule has 5 rings (SSSR count). The third-order valence-electron chi connectivity index (χ3n) is 5.86. The molecule has 0 aliphatic heterocycles. The maximum Gasteiger partial charge on any atom is 0.250 e. The number of carbonyl (C=O) groups excluding carboxylic acids is 1. The lowest BCUT2D eigenvalue weighted by atomic mass is 10.2. The molecule has 0 aliphatic rings. The van der Waals surface area contributed by atoms with Crippen LogP contribution in [0, 0.1) is 0 Å². The van der Waals surface area contributed by atoms with Crippen LogP contribution in [-0.4, -0.2) is 39.7 Å². The number of para-hydroxylation sites is 1. The Balaban J connectivity index is 1.18. The zero-order valence-corrected chi connectivity index (χ0v) is 22.6.